The summed E-state index contributed by atoms with van der Waals surface area (Å²) in [6.07, 6.45) is 5.69. The van der Waals surface area contributed by atoms with Crippen LogP contribution in [-0.4, -0.2) is 44.6 Å². The molecule has 0 aliphatic carbocycles. The molecule has 0 fully saturated rings. The van der Waals surface area contributed by atoms with Crippen LogP contribution < -0.4 is 4.74 Å². The standard InChI is InChI=1S/C30H29N5O5/c1-4-6-10-15-33-29(36)24(20(3)25(18-31)30(33)37)16-22-19-34(23-11-8-7-9-12-23)32-28(22)21-13-14-27(40-5-2)26(17-21)35(38)39/h7-9,11-14,16-17,19H,4-6,10,15H2,1-3H3/b24-16+. The highest BCUT2D eigenvalue weighted by molar-refractivity contribution is 6.19. The molecule has 40 heavy (non-hydrogen) atoms. The first-order chi connectivity index (χ1) is 19.3. The molecule has 1 aliphatic rings. The van der Waals surface area contributed by atoms with E-state index < -0.39 is 16.7 Å². The lowest BCUT2D eigenvalue weighted by Crippen LogP contribution is -2.43. The van der Waals surface area contributed by atoms with Gasteiger partial charge < -0.3 is 4.74 Å². The molecular formula is C30H29N5O5. The summed E-state index contributed by atoms with van der Waals surface area (Å²) >= 11 is 0. The molecule has 0 N–H and O–H groups in total. The number of nitro benzene ring substituents is 1. The first-order valence-corrected chi connectivity index (χ1v) is 13.1. The molecule has 10 nitrogen and oxygen atoms in total. The topological polar surface area (TPSA) is 131 Å². The van der Waals surface area contributed by atoms with Gasteiger partial charge in [-0.15, -0.1) is 0 Å². The summed E-state index contributed by atoms with van der Waals surface area (Å²) in [5.74, 6) is -0.950. The quantitative estimate of drug-likeness (QED) is 0.107. The first-order valence-electron chi connectivity index (χ1n) is 13.1. The van der Waals surface area contributed by atoms with Gasteiger partial charge in [-0.3, -0.25) is 24.6 Å². The van der Waals surface area contributed by atoms with Crippen molar-refractivity contribution in [1.29, 1.82) is 5.26 Å². The SMILES string of the molecule is CCCCCN1C(=O)C(C#N)=C(C)/C(=C\c2cn(-c3ccccc3)nc2-c2ccc(OCC)c([N+](=O)[O-])c2)C1=O. The summed E-state index contributed by atoms with van der Waals surface area (Å²) in [5.41, 5.74) is 2.24. The predicted molar refractivity (Wildman–Crippen MR) is 149 cm³/mol. The van der Waals surface area contributed by atoms with E-state index in [1.54, 1.807) is 36.9 Å². The van der Waals surface area contributed by atoms with E-state index in [1.165, 1.54) is 12.1 Å². The third-order valence-electron chi connectivity index (χ3n) is 6.60. The third-order valence-corrected chi connectivity index (χ3v) is 6.60. The van der Waals surface area contributed by atoms with Crippen LogP contribution in [0.2, 0.25) is 0 Å². The Hall–Kier alpha value is -5.04. The first kappa shape index (κ1) is 28.0. The second-order valence-electron chi connectivity index (χ2n) is 9.22. The lowest BCUT2D eigenvalue weighted by atomic mass is 9.93. The molecule has 0 spiro atoms. The van der Waals surface area contributed by atoms with Crippen LogP contribution in [0.15, 0.2) is 71.4 Å². The van der Waals surface area contributed by atoms with Gasteiger partial charge in [0.25, 0.3) is 11.8 Å². The smallest absolute Gasteiger partial charge is 0.311 e. The zero-order chi connectivity index (χ0) is 28.8. The lowest BCUT2D eigenvalue weighted by molar-refractivity contribution is -0.385. The Morgan fingerprint density at radius 2 is 1.85 bits per heavy atom. The van der Waals surface area contributed by atoms with Gasteiger partial charge in [0.05, 0.1) is 17.2 Å². The van der Waals surface area contributed by atoms with Crippen LogP contribution in [0.4, 0.5) is 5.69 Å². The van der Waals surface area contributed by atoms with Gasteiger partial charge in [-0.05, 0) is 56.2 Å². The van der Waals surface area contributed by atoms with Gasteiger partial charge in [0.1, 0.15) is 17.3 Å². The highest BCUT2D eigenvalue weighted by Gasteiger charge is 2.35. The molecule has 204 valence electrons. The normalized spacial score (nSPS) is 14.6. The van der Waals surface area contributed by atoms with Crippen molar-refractivity contribution in [3.63, 3.8) is 0 Å². The fourth-order valence-corrected chi connectivity index (χ4v) is 4.52. The highest BCUT2D eigenvalue weighted by atomic mass is 16.6. The van der Waals surface area contributed by atoms with Crippen LogP contribution in [-0.2, 0) is 9.59 Å². The number of aromatic nitrogens is 2. The van der Waals surface area contributed by atoms with Crippen LogP contribution >= 0.6 is 0 Å². The van der Waals surface area contributed by atoms with Crippen molar-refractivity contribution in [2.75, 3.05) is 13.2 Å². The largest absolute Gasteiger partial charge is 0.487 e. The van der Waals surface area contributed by atoms with Crippen molar-refractivity contribution >= 4 is 23.6 Å². The maximum atomic E-state index is 13.6. The van der Waals surface area contributed by atoms with Crippen LogP contribution in [0.25, 0.3) is 23.0 Å². The Morgan fingerprint density at radius 1 is 1.10 bits per heavy atom. The number of amides is 2. The number of carbonyl (C=O) groups is 2. The van der Waals surface area contributed by atoms with E-state index >= 15 is 0 Å². The van der Waals surface area contributed by atoms with Gasteiger partial charge in [0, 0.05) is 35.5 Å². The lowest BCUT2D eigenvalue weighted by Gasteiger charge is -2.27. The Bertz CT molecular complexity index is 1560. The zero-order valence-electron chi connectivity index (χ0n) is 22.6. The molecule has 3 aromatic rings. The molecule has 10 heteroatoms. The van der Waals surface area contributed by atoms with Crippen molar-refractivity contribution in [3.8, 4) is 28.8 Å². The van der Waals surface area contributed by atoms with Crippen molar-refractivity contribution in [1.82, 2.24) is 14.7 Å². The Balaban J connectivity index is 1.91. The molecular weight excluding hydrogens is 510 g/mol. The summed E-state index contributed by atoms with van der Waals surface area (Å²) in [7, 11) is 0. The van der Waals surface area contributed by atoms with Crippen LogP contribution in [0.1, 0.15) is 45.6 Å². The molecule has 4 rings (SSSR count). The summed E-state index contributed by atoms with van der Waals surface area (Å²) < 4.78 is 7.05. The van der Waals surface area contributed by atoms with Crippen molar-refractivity contribution < 1.29 is 19.2 Å². The second-order valence-corrected chi connectivity index (χ2v) is 9.22. The van der Waals surface area contributed by atoms with Gasteiger partial charge in [0.15, 0.2) is 5.75 Å². The summed E-state index contributed by atoms with van der Waals surface area (Å²) in [4.78, 5) is 38.9. The zero-order valence-corrected chi connectivity index (χ0v) is 22.6. The van der Waals surface area contributed by atoms with E-state index in [0.717, 1.165) is 23.4 Å². The second kappa shape index (κ2) is 12.2. The van der Waals surface area contributed by atoms with Gasteiger partial charge in [-0.25, -0.2) is 4.68 Å². The predicted octanol–water partition coefficient (Wildman–Crippen LogP) is 5.63. The number of benzene rings is 2. The maximum absolute atomic E-state index is 13.6. The van der Waals surface area contributed by atoms with Crippen molar-refractivity contribution in [3.05, 3.63) is 87.1 Å². The van der Waals surface area contributed by atoms with Crippen LogP contribution in [0, 0.1) is 21.4 Å². The number of hydrogen-bond acceptors (Lipinski definition) is 7. The average molecular weight is 540 g/mol. The Kier molecular flexibility index (Phi) is 8.54. The number of nitro groups is 1. The van der Waals surface area contributed by atoms with Crippen LogP contribution in [0.3, 0.4) is 0 Å². The fraction of sp³-hybridized carbons (Fsp3) is 0.267. The van der Waals surface area contributed by atoms with E-state index in [1.807, 2.05) is 43.3 Å². The number of nitriles is 1. The number of para-hydroxylation sites is 1. The minimum Gasteiger partial charge on any atom is -0.487 e. The number of rotatable bonds is 10. The summed E-state index contributed by atoms with van der Waals surface area (Å²) in [6.45, 7) is 5.82. The molecule has 0 radical (unpaired) electrons. The van der Waals surface area contributed by atoms with Gasteiger partial charge in [-0.2, -0.15) is 10.4 Å². The number of hydrogen-bond donors (Lipinski definition) is 0. The summed E-state index contributed by atoms with van der Waals surface area (Å²) in [5, 5.41) is 26.3. The van der Waals surface area contributed by atoms with E-state index in [-0.39, 0.29) is 41.3 Å². The molecule has 1 aliphatic heterocycles. The van der Waals surface area contributed by atoms with E-state index in [2.05, 4.69) is 0 Å². The van der Waals surface area contributed by atoms with Crippen LogP contribution in [0.5, 0.6) is 5.75 Å². The number of unbranched alkanes of at least 4 members (excludes halogenated alkanes) is 2. The molecule has 0 bridgehead atoms. The third kappa shape index (κ3) is 5.54. The van der Waals surface area contributed by atoms with E-state index in [9.17, 15) is 25.0 Å². The summed E-state index contributed by atoms with van der Waals surface area (Å²) in [6, 6.07) is 15.8. The fourth-order valence-electron chi connectivity index (χ4n) is 4.52. The number of ether oxygens (including phenoxy) is 1. The monoisotopic (exact) mass is 539 g/mol. The number of nitrogens with zero attached hydrogens (tertiary/aromatic N) is 5. The Labute approximate surface area is 231 Å². The van der Waals surface area contributed by atoms with Crippen molar-refractivity contribution in [2.24, 2.45) is 0 Å². The van der Waals surface area contributed by atoms with Gasteiger partial charge in [-0.1, -0.05) is 38.0 Å². The minimum atomic E-state index is -0.597. The molecule has 0 saturated heterocycles. The van der Waals surface area contributed by atoms with E-state index in [4.69, 9.17) is 9.84 Å². The molecule has 0 atom stereocenters. The molecule has 2 aromatic carbocycles. The molecule has 0 saturated carbocycles. The average Bonchev–Trinajstić information content (AvgIpc) is 3.38. The highest BCUT2D eigenvalue weighted by Crippen LogP contribution is 2.35. The molecule has 2 amide bonds. The van der Waals surface area contributed by atoms with E-state index in [0.29, 0.717) is 23.2 Å². The van der Waals surface area contributed by atoms with Crippen molar-refractivity contribution in [2.45, 2.75) is 40.0 Å². The number of carbonyl (C=O) groups excluding carboxylic acids is 2. The maximum Gasteiger partial charge on any atom is 0.311 e. The van der Waals surface area contributed by atoms with Gasteiger partial charge in [0.2, 0.25) is 0 Å². The minimum absolute atomic E-state index is 0.0870. The number of imide groups is 1. The molecule has 0 unspecified atom stereocenters. The Morgan fingerprint density at radius 3 is 2.50 bits per heavy atom. The van der Waals surface area contributed by atoms with Gasteiger partial charge >= 0.3 is 5.69 Å². The molecule has 1 aromatic heterocycles. The molecule has 2 heterocycles.